The maximum absolute atomic E-state index is 12.6. The highest BCUT2D eigenvalue weighted by molar-refractivity contribution is 5.92. The van der Waals surface area contributed by atoms with Crippen molar-refractivity contribution in [1.29, 1.82) is 5.26 Å². The van der Waals surface area contributed by atoms with Gasteiger partial charge in [-0.15, -0.1) is 0 Å². The summed E-state index contributed by atoms with van der Waals surface area (Å²) in [5.41, 5.74) is 8.61. The van der Waals surface area contributed by atoms with Crippen molar-refractivity contribution in [2.24, 2.45) is 5.73 Å². The van der Waals surface area contributed by atoms with Crippen LogP contribution in [0.3, 0.4) is 0 Å². The summed E-state index contributed by atoms with van der Waals surface area (Å²) in [4.78, 5) is 12.6. The molecule has 1 aromatic carbocycles. The first kappa shape index (κ1) is 18.6. The zero-order chi connectivity index (χ0) is 18.4. The van der Waals surface area contributed by atoms with Crippen LogP contribution in [-0.4, -0.2) is 12.6 Å². The number of hydrogen-bond acceptors (Lipinski definition) is 5. The highest BCUT2D eigenvalue weighted by atomic mass is 16.5. The summed E-state index contributed by atoms with van der Waals surface area (Å²) < 4.78 is 10.9. The van der Waals surface area contributed by atoms with Gasteiger partial charge in [-0.3, -0.25) is 0 Å². The molecular weight excluding hydrogens is 316 g/mol. The van der Waals surface area contributed by atoms with Gasteiger partial charge in [-0.25, -0.2) is 4.79 Å². The fourth-order valence-electron chi connectivity index (χ4n) is 2.94. The second-order valence-electron chi connectivity index (χ2n) is 5.83. The summed E-state index contributed by atoms with van der Waals surface area (Å²) in [6.07, 6.45) is 2.25. The summed E-state index contributed by atoms with van der Waals surface area (Å²) in [7, 11) is 0. The molecule has 0 radical (unpaired) electrons. The number of esters is 1. The van der Waals surface area contributed by atoms with Crippen LogP contribution in [0.2, 0.25) is 0 Å². The minimum absolute atomic E-state index is 0.0589. The lowest BCUT2D eigenvalue weighted by Gasteiger charge is -2.28. The molecule has 0 saturated heterocycles. The van der Waals surface area contributed by atoms with Crippen LogP contribution in [0.25, 0.3) is 0 Å². The molecule has 0 fully saturated rings. The smallest absolute Gasteiger partial charge is 0.338 e. The second-order valence-corrected chi connectivity index (χ2v) is 5.83. The fourth-order valence-corrected chi connectivity index (χ4v) is 2.94. The number of nitriles is 1. The average Bonchev–Trinajstić information content (AvgIpc) is 2.61. The molecule has 1 heterocycles. The molecule has 1 aliphatic heterocycles. The van der Waals surface area contributed by atoms with Crippen molar-refractivity contribution < 1.29 is 14.3 Å². The van der Waals surface area contributed by atoms with Crippen molar-refractivity contribution in [3.8, 4) is 6.07 Å². The SMILES string of the molecule is CCCC1=C(C(=O)OCC)[C@H](c2ccc(CC)cc2)C(C#N)=C(N)O1. The van der Waals surface area contributed by atoms with E-state index in [-0.39, 0.29) is 18.1 Å². The van der Waals surface area contributed by atoms with E-state index in [2.05, 4.69) is 13.0 Å². The Hall–Kier alpha value is -2.74. The molecule has 2 N–H and O–H groups in total. The van der Waals surface area contributed by atoms with Gasteiger partial charge in [0.2, 0.25) is 5.88 Å². The second kappa shape index (κ2) is 8.39. The number of hydrogen-bond donors (Lipinski definition) is 1. The van der Waals surface area contributed by atoms with Crippen LogP contribution in [0.4, 0.5) is 0 Å². The maximum atomic E-state index is 12.6. The van der Waals surface area contributed by atoms with Crippen molar-refractivity contribution in [3.63, 3.8) is 0 Å². The molecule has 132 valence electrons. The highest BCUT2D eigenvalue weighted by Gasteiger charge is 2.37. The van der Waals surface area contributed by atoms with Crippen molar-refractivity contribution in [2.75, 3.05) is 6.61 Å². The number of benzene rings is 1. The maximum Gasteiger partial charge on any atom is 0.338 e. The van der Waals surface area contributed by atoms with E-state index in [1.165, 1.54) is 5.56 Å². The molecule has 0 amide bonds. The Labute approximate surface area is 148 Å². The zero-order valence-electron chi connectivity index (χ0n) is 15.0. The number of carbonyl (C=O) groups is 1. The van der Waals surface area contributed by atoms with Crippen molar-refractivity contribution in [2.45, 2.75) is 46.0 Å². The number of allylic oxidation sites excluding steroid dienone is 2. The van der Waals surface area contributed by atoms with Gasteiger partial charge >= 0.3 is 5.97 Å². The molecule has 0 unspecified atom stereocenters. The van der Waals surface area contributed by atoms with E-state index >= 15 is 0 Å². The molecule has 0 aromatic heterocycles. The van der Waals surface area contributed by atoms with E-state index in [0.29, 0.717) is 17.8 Å². The Morgan fingerprint density at radius 1 is 1.28 bits per heavy atom. The molecule has 0 bridgehead atoms. The first-order valence-corrected chi connectivity index (χ1v) is 8.63. The molecule has 5 nitrogen and oxygen atoms in total. The molecule has 25 heavy (non-hydrogen) atoms. The Morgan fingerprint density at radius 2 is 1.96 bits per heavy atom. The van der Waals surface area contributed by atoms with Crippen LogP contribution in [0.5, 0.6) is 0 Å². The number of aryl methyl sites for hydroxylation is 1. The lowest BCUT2D eigenvalue weighted by atomic mass is 9.82. The predicted molar refractivity (Wildman–Crippen MR) is 95.0 cm³/mol. The Bertz CT molecular complexity index is 739. The molecule has 1 aliphatic rings. The van der Waals surface area contributed by atoms with Gasteiger partial charge in [-0.1, -0.05) is 38.1 Å². The largest absolute Gasteiger partial charge is 0.463 e. The Balaban J connectivity index is 2.61. The van der Waals surface area contributed by atoms with Crippen LogP contribution in [0, 0.1) is 11.3 Å². The minimum Gasteiger partial charge on any atom is -0.463 e. The number of nitrogens with zero attached hydrogens (tertiary/aromatic N) is 1. The van der Waals surface area contributed by atoms with Crippen molar-refractivity contribution >= 4 is 5.97 Å². The molecule has 0 saturated carbocycles. The fraction of sp³-hybridized carbons (Fsp3) is 0.400. The molecular formula is C20H24N2O3. The molecule has 1 aromatic rings. The van der Waals surface area contributed by atoms with Gasteiger partial charge in [-0.2, -0.15) is 5.26 Å². The minimum atomic E-state index is -0.565. The van der Waals surface area contributed by atoms with Crippen molar-refractivity contribution in [3.05, 3.63) is 58.2 Å². The van der Waals surface area contributed by atoms with Crippen LogP contribution < -0.4 is 5.73 Å². The standard InChI is InChI=1S/C20H24N2O3/c1-4-7-16-18(20(23)24-6-3)17(15(12-21)19(22)25-16)14-10-8-13(5-2)9-11-14/h8-11,17H,4-7,22H2,1-3H3/t17-/m1/s1. The van der Waals surface area contributed by atoms with Gasteiger partial charge in [0.15, 0.2) is 0 Å². The van der Waals surface area contributed by atoms with E-state index in [1.807, 2.05) is 31.2 Å². The zero-order valence-corrected chi connectivity index (χ0v) is 15.0. The van der Waals surface area contributed by atoms with Crippen LogP contribution in [0.15, 0.2) is 47.1 Å². The summed E-state index contributed by atoms with van der Waals surface area (Å²) in [6.45, 7) is 6.07. The number of ether oxygens (including phenoxy) is 2. The third kappa shape index (κ3) is 3.85. The third-order valence-corrected chi connectivity index (χ3v) is 4.19. The van der Waals surface area contributed by atoms with E-state index in [1.54, 1.807) is 6.92 Å². The summed E-state index contributed by atoms with van der Waals surface area (Å²) in [5, 5.41) is 9.60. The number of nitrogens with two attached hydrogens (primary N) is 1. The van der Waals surface area contributed by atoms with E-state index in [0.717, 1.165) is 18.4 Å². The Morgan fingerprint density at radius 3 is 2.48 bits per heavy atom. The molecule has 5 heteroatoms. The van der Waals surface area contributed by atoms with Crippen LogP contribution >= 0.6 is 0 Å². The number of rotatable bonds is 6. The van der Waals surface area contributed by atoms with Gasteiger partial charge in [0, 0.05) is 6.42 Å². The number of carbonyl (C=O) groups excluding carboxylic acids is 1. The predicted octanol–water partition coefficient (Wildman–Crippen LogP) is 3.67. The van der Waals surface area contributed by atoms with Gasteiger partial charge in [0.25, 0.3) is 0 Å². The molecule has 1 atom stereocenters. The van der Waals surface area contributed by atoms with Gasteiger partial charge in [0.05, 0.1) is 18.1 Å². The molecule has 0 spiro atoms. The van der Waals surface area contributed by atoms with Gasteiger partial charge in [-0.05, 0) is 30.9 Å². The molecule has 0 aliphatic carbocycles. The van der Waals surface area contributed by atoms with E-state index in [4.69, 9.17) is 15.2 Å². The first-order chi connectivity index (χ1) is 12.1. The quantitative estimate of drug-likeness (QED) is 0.799. The summed E-state index contributed by atoms with van der Waals surface area (Å²) >= 11 is 0. The lowest BCUT2D eigenvalue weighted by Crippen LogP contribution is -2.26. The first-order valence-electron chi connectivity index (χ1n) is 8.63. The van der Waals surface area contributed by atoms with E-state index < -0.39 is 11.9 Å². The summed E-state index contributed by atoms with van der Waals surface area (Å²) in [6, 6.07) is 9.97. The summed E-state index contributed by atoms with van der Waals surface area (Å²) in [5.74, 6) is -0.480. The van der Waals surface area contributed by atoms with Gasteiger partial charge in [0.1, 0.15) is 17.4 Å². The topological polar surface area (TPSA) is 85.3 Å². The third-order valence-electron chi connectivity index (χ3n) is 4.19. The monoisotopic (exact) mass is 340 g/mol. The normalized spacial score (nSPS) is 17.1. The highest BCUT2D eigenvalue weighted by Crippen LogP contribution is 2.40. The van der Waals surface area contributed by atoms with Gasteiger partial charge < -0.3 is 15.2 Å². The average molecular weight is 340 g/mol. The van der Waals surface area contributed by atoms with Crippen LogP contribution in [-0.2, 0) is 20.7 Å². The van der Waals surface area contributed by atoms with Crippen LogP contribution in [0.1, 0.15) is 50.7 Å². The van der Waals surface area contributed by atoms with Crippen molar-refractivity contribution in [1.82, 2.24) is 0 Å². The van der Waals surface area contributed by atoms with E-state index in [9.17, 15) is 10.1 Å². The lowest BCUT2D eigenvalue weighted by molar-refractivity contribution is -0.139. The molecule has 2 rings (SSSR count). The Kier molecular flexibility index (Phi) is 6.24.